The highest BCUT2D eigenvalue weighted by atomic mass is 16.3. The minimum Gasteiger partial charge on any atom is -0.508 e. The van der Waals surface area contributed by atoms with Gasteiger partial charge in [-0.2, -0.15) is 0 Å². The fourth-order valence-corrected chi connectivity index (χ4v) is 2.65. The van der Waals surface area contributed by atoms with Gasteiger partial charge < -0.3 is 15.7 Å². The molecule has 2 aromatic rings. The Labute approximate surface area is 123 Å². The van der Waals surface area contributed by atoms with Crippen molar-refractivity contribution in [3.8, 4) is 5.75 Å². The van der Waals surface area contributed by atoms with Crippen LogP contribution in [-0.4, -0.2) is 17.6 Å². The third-order valence-electron chi connectivity index (χ3n) is 3.86. The zero-order valence-electron chi connectivity index (χ0n) is 11.9. The van der Waals surface area contributed by atoms with Crippen LogP contribution >= 0.6 is 0 Å². The number of carbonyl (C=O) groups is 1. The van der Waals surface area contributed by atoms with E-state index < -0.39 is 0 Å². The van der Waals surface area contributed by atoms with Crippen LogP contribution in [-0.2, 0) is 11.2 Å². The summed E-state index contributed by atoms with van der Waals surface area (Å²) in [6.45, 7) is 2.50. The van der Waals surface area contributed by atoms with E-state index in [0.717, 1.165) is 23.4 Å². The molecule has 1 amide bonds. The number of hydrogen-bond acceptors (Lipinski definition) is 3. The molecule has 3 rings (SSSR count). The number of rotatable bonds is 2. The van der Waals surface area contributed by atoms with Crippen LogP contribution in [0.5, 0.6) is 5.75 Å². The molecule has 21 heavy (non-hydrogen) atoms. The summed E-state index contributed by atoms with van der Waals surface area (Å²) in [6.07, 6.45) is 0.742. The average Bonchev–Trinajstić information content (AvgIpc) is 2.49. The van der Waals surface area contributed by atoms with E-state index in [1.807, 2.05) is 31.2 Å². The molecule has 1 unspecified atom stereocenters. The lowest BCUT2D eigenvalue weighted by atomic mass is 9.93. The van der Waals surface area contributed by atoms with E-state index in [9.17, 15) is 9.90 Å². The number of phenolic OH excluding ortho intramolecular Hbond substituents is 1. The molecule has 1 heterocycles. The molecule has 0 aliphatic carbocycles. The molecule has 3 N–H and O–H groups in total. The number of phenols is 1. The molecular weight excluding hydrogens is 264 g/mol. The van der Waals surface area contributed by atoms with Crippen molar-refractivity contribution in [3.63, 3.8) is 0 Å². The summed E-state index contributed by atoms with van der Waals surface area (Å²) >= 11 is 0. The predicted molar refractivity (Wildman–Crippen MR) is 83.6 cm³/mol. The van der Waals surface area contributed by atoms with Gasteiger partial charge in [-0.3, -0.25) is 4.79 Å². The number of nitrogens with one attached hydrogen (secondary N) is 2. The third-order valence-corrected chi connectivity index (χ3v) is 3.86. The number of hydrogen-bond donors (Lipinski definition) is 3. The molecule has 0 radical (unpaired) electrons. The van der Waals surface area contributed by atoms with Gasteiger partial charge in [0.05, 0.1) is 5.92 Å². The van der Waals surface area contributed by atoms with Crippen LogP contribution < -0.4 is 10.6 Å². The van der Waals surface area contributed by atoms with E-state index in [2.05, 4.69) is 10.6 Å². The number of aromatic hydroxyl groups is 1. The molecule has 2 aromatic carbocycles. The molecular formula is C17H18N2O2. The second kappa shape index (κ2) is 5.48. The minimum absolute atomic E-state index is 0.00536. The van der Waals surface area contributed by atoms with Crippen molar-refractivity contribution in [3.05, 3.63) is 53.6 Å². The van der Waals surface area contributed by atoms with Crippen molar-refractivity contribution in [1.29, 1.82) is 0 Å². The fraction of sp³-hybridized carbons (Fsp3) is 0.235. The van der Waals surface area contributed by atoms with Crippen molar-refractivity contribution in [2.24, 2.45) is 5.92 Å². The summed E-state index contributed by atoms with van der Waals surface area (Å²) in [5, 5.41) is 15.7. The maximum absolute atomic E-state index is 12.4. The van der Waals surface area contributed by atoms with Crippen molar-refractivity contribution in [2.45, 2.75) is 13.3 Å². The van der Waals surface area contributed by atoms with E-state index in [1.165, 1.54) is 5.56 Å². The van der Waals surface area contributed by atoms with Crippen molar-refractivity contribution >= 4 is 17.3 Å². The second-order valence-corrected chi connectivity index (χ2v) is 5.43. The van der Waals surface area contributed by atoms with E-state index >= 15 is 0 Å². The number of fused-ring (bicyclic) bond motifs is 1. The maximum atomic E-state index is 12.4. The van der Waals surface area contributed by atoms with Gasteiger partial charge in [0.2, 0.25) is 5.91 Å². The summed E-state index contributed by atoms with van der Waals surface area (Å²) in [4.78, 5) is 12.4. The number of aryl methyl sites for hydroxylation is 1. The lowest BCUT2D eigenvalue weighted by Crippen LogP contribution is -2.33. The van der Waals surface area contributed by atoms with Crippen molar-refractivity contribution in [1.82, 2.24) is 0 Å². The van der Waals surface area contributed by atoms with Gasteiger partial charge in [0.25, 0.3) is 0 Å². The summed E-state index contributed by atoms with van der Waals surface area (Å²) in [5.41, 5.74) is 3.89. The van der Waals surface area contributed by atoms with Crippen molar-refractivity contribution < 1.29 is 9.90 Å². The first-order valence-electron chi connectivity index (χ1n) is 7.06. The molecule has 0 spiro atoms. The topological polar surface area (TPSA) is 61.4 Å². The van der Waals surface area contributed by atoms with E-state index in [1.54, 1.807) is 18.2 Å². The van der Waals surface area contributed by atoms with Crippen LogP contribution in [0.3, 0.4) is 0 Å². The van der Waals surface area contributed by atoms with Crippen LogP contribution in [0.15, 0.2) is 42.5 Å². The normalized spacial score (nSPS) is 16.7. The first kappa shape index (κ1) is 13.5. The lowest BCUT2D eigenvalue weighted by molar-refractivity contribution is -0.119. The van der Waals surface area contributed by atoms with Gasteiger partial charge in [-0.05, 0) is 48.7 Å². The highest BCUT2D eigenvalue weighted by Crippen LogP contribution is 2.26. The summed E-state index contributed by atoms with van der Waals surface area (Å²) in [6, 6.07) is 13.0. The Bertz CT molecular complexity index is 682. The van der Waals surface area contributed by atoms with E-state index in [4.69, 9.17) is 0 Å². The van der Waals surface area contributed by atoms with Gasteiger partial charge in [0.15, 0.2) is 0 Å². The smallest absolute Gasteiger partial charge is 0.229 e. The van der Waals surface area contributed by atoms with Crippen molar-refractivity contribution in [2.75, 3.05) is 17.2 Å². The maximum Gasteiger partial charge on any atom is 0.229 e. The zero-order chi connectivity index (χ0) is 14.8. The molecule has 4 heteroatoms. The monoisotopic (exact) mass is 282 g/mol. The van der Waals surface area contributed by atoms with E-state index in [-0.39, 0.29) is 17.6 Å². The summed E-state index contributed by atoms with van der Waals surface area (Å²) in [7, 11) is 0. The van der Waals surface area contributed by atoms with Crippen LogP contribution in [0.1, 0.15) is 11.1 Å². The highest BCUT2D eigenvalue weighted by molar-refractivity contribution is 5.94. The molecule has 0 saturated heterocycles. The molecule has 1 atom stereocenters. The zero-order valence-corrected chi connectivity index (χ0v) is 11.9. The third kappa shape index (κ3) is 2.84. The summed E-state index contributed by atoms with van der Waals surface area (Å²) in [5.74, 6) is 0.123. The molecule has 4 nitrogen and oxygen atoms in total. The van der Waals surface area contributed by atoms with Crippen LogP contribution in [0.2, 0.25) is 0 Å². The van der Waals surface area contributed by atoms with Crippen LogP contribution in [0, 0.1) is 12.8 Å². The van der Waals surface area contributed by atoms with Gasteiger partial charge in [-0.1, -0.05) is 18.2 Å². The van der Waals surface area contributed by atoms with Gasteiger partial charge in [0, 0.05) is 17.9 Å². The second-order valence-electron chi connectivity index (χ2n) is 5.43. The van der Waals surface area contributed by atoms with Gasteiger partial charge in [-0.15, -0.1) is 0 Å². The average molecular weight is 282 g/mol. The molecule has 108 valence electrons. The quantitative estimate of drug-likeness (QED) is 0.742. The lowest BCUT2D eigenvalue weighted by Gasteiger charge is -2.25. The molecule has 0 bridgehead atoms. The molecule has 0 aromatic heterocycles. The number of carbonyl (C=O) groups excluding carboxylic acids is 1. The number of amides is 1. The Morgan fingerprint density at radius 2 is 2.10 bits per heavy atom. The Kier molecular flexibility index (Phi) is 3.52. The Morgan fingerprint density at radius 3 is 2.90 bits per heavy atom. The first-order chi connectivity index (χ1) is 10.1. The van der Waals surface area contributed by atoms with Gasteiger partial charge >= 0.3 is 0 Å². The number of anilines is 2. The SMILES string of the molecule is Cc1cc(O)ccc1NC(=O)C1CNc2ccccc2C1. The molecule has 0 fully saturated rings. The number of benzene rings is 2. The molecule has 0 saturated carbocycles. The summed E-state index contributed by atoms with van der Waals surface area (Å²) < 4.78 is 0. The Balaban J connectivity index is 1.72. The van der Waals surface area contributed by atoms with Crippen LogP contribution in [0.4, 0.5) is 11.4 Å². The predicted octanol–water partition coefficient (Wildman–Crippen LogP) is 2.92. The fourth-order valence-electron chi connectivity index (χ4n) is 2.65. The Morgan fingerprint density at radius 1 is 1.29 bits per heavy atom. The first-order valence-corrected chi connectivity index (χ1v) is 7.06. The van der Waals surface area contributed by atoms with Gasteiger partial charge in [0.1, 0.15) is 5.75 Å². The highest BCUT2D eigenvalue weighted by Gasteiger charge is 2.24. The van der Waals surface area contributed by atoms with Gasteiger partial charge in [-0.25, -0.2) is 0 Å². The number of para-hydroxylation sites is 1. The Hall–Kier alpha value is -2.49. The molecule has 1 aliphatic rings. The van der Waals surface area contributed by atoms with Crippen LogP contribution in [0.25, 0.3) is 0 Å². The largest absolute Gasteiger partial charge is 0.508 e. The standard InChI is InChI=1S/C17H18N2O2/c1-11-8-14(20)6-7-15(11)19-17(21)13-9-12-4-2-3-5-16(12)18-10-13/h2-8,13,18,20H,9-10H2,1H3,(H,19,21). The molecule has 1 aliphatic heterocycles. The van der Waals surface area contributed by atoms with E-state index in [0.29, 0.717) is 6.54 Å². The minimum atomic E-state index is -0.0897.